The molecule has 16 heavy (non-hydrogen) atoms. The van der Waals surface area contributed by atoms with Crippen molar-refractivity contribution < 1.29 is 9.66 Å². The fraction of sp³-hybridized carbons (Fsp3) is 0.333. The van der Waals surface area contributed by atoms with Crippen molar-refractivity contribution in [3.8, 4) is 5.88 Å². The molecule has 1 heterocycles. The summed E-state index contributed by atoms with van der Waals surface area (Å²) in [5.41, 5.74) is -0.0768. The van der Waals surface area contributed by atoms with Crippen LogP contribution >= 0.6 is 11.6 Å². The van der Waals surface area contributed by atoms with Crippen LogP contribution in [-0.4, -0.2) is 21.5 Å². The van der Waals surface area contributed by atoms with Crippen LogP contribution in [0, 0.1) is 17.0 Å². The quantitative estimate of drug-likeness (QED) is 0.261. The summed E-state index contributed by atoms with van der Waals surface area (Å²) < 4.78 is 5.15. The second-order valence-corrected chi connectivity index (χ2v) is 3.25. The van der Waals surface area contributed by atoms with Gasteiger partial charge in [0.15, 0.2) is 0 Å². The molecule has 86 valence electrons. The highest BCUT2D eigenvalue weighted by Crippen LogP contribution is 2.28. The van der Waals surface area contributed by atoms with Gasteiger partial charge in [-0.2, -0.15) is 4.98 Å². The van der Waals surface area contributed by atoms with E-state index in [9.17, 15) is 10.1 Å². The van der Waals surface area contributed by atoms with E-state index < -0.39 is 4.92 Å². The number of aryl methyl sites for hydroxylation is 1. The average Bonchev–Trinajstić information content (AvgIpc) is 2.16. The monoisotopic (exact) mass is 243 g/mol. The molecule has 0 saturated carbocycles. The van der Waals surface area contributed by atoms with Gasteiger partial charge in [0.1, 0.15) is 5.69 Å². The van der Waals surface area contributed by atoms with E-state index in [-0.39, 0.29) is 29.2 Å². The van der Waals surface area contributed by atoms with Crippen molar-refractivity contribution >= 4 is 17.3 Å². The summed E-state index contributed by atoms with van der Waals surface area (Å²) in [6, 6.07) is 0. The summed E-state index contributed by atoms with van der Waals surface area (Å²) in [5, 5.41) is 10.7. The second kappa shape index (κ2) is 5.41. The molecule has 0 N–H and O–H groups in total. The Morgan fingerprint density at radius 2 is 2.31 bits per heavy atom. The van der Waals surface area contributed by atoms with Crippen LogP contribution in [0.25, 0.3) is 0 Å². The van der Waals surface area contributed by atoms with Crippen LogP contribution in [0.1, 0.15) is 12.1 Å². The molecular weight excluding hydrogens is 234 g/mol. The Bertz CT molecular complexity index is 423. The standard InChI is InChI=1S/C9H10ClN3O3/c1-3-4-5-16-8-7(13(14)15)6(2)11-9(10)12-8/h3H,1,4-5H2,2H3. The molecule has 7 heteroatoms. The molecule has 0 spiro atoms. The van der Waals surface area contributed by atoms with Gasteiger partial charge in [-0.15, -0.1) is 6.58 Å². The van der Waals surface area contributed by atoms with Gasteiger partial charge in [0.2, 0.25) is 5.28 Å². The fourth-order valence-electron chi connectivity index (χ4n) is 1.06. The van der Waals surface area contributed by atoms with Gasteiger partial charge in [-0.05, 0) is 24.9 Å². The van der Waals surface area contributed by atoms with Crippen molar-refractivity contribution in [3.05, 3.63) is 33.7 Å². The minimum Gasteiger partial charge on any atom is -0.472 e. The lowest BCUT2D eigenvalue weighted by Gasteiger charge is -2.05. The lowest BCUT2D eigenvalue weighted by atomic mass is 10.3. The molecule has 1 aromatic rings. The van der Waals surface area contributed by atoms with E-state index >= 15 is 0 Å². The van der Waals surface area contributed by atoms with Crippen LogP contribution in [0.15, 0.2) is 12.7 Å². The van der Waals surface area contributed by atoms with Crippen molar-refractivity contribution in [2.24, 2.45) is 0 Å². The van der Waals surface area contributed by atoms with Gasteiger partial charge in [0.25, 0.3) is 5.88 Å². The first-order valence-corrected chi connectivity index (χ1v) is 4.86. The van der Waals surface area contributed by atoms with Gasteiger partial charge >= 0.3 is 5.69 Å². The number of hydrogen-bond donors (Lipinski definition) is 0. The van der Waals surface area contributed by atoms with Crippen LogP contribution in [0.4, 0.5) is 5.69 Å². The number of aromatic nitrogens is 2. The summed E-state index contributed by atoms with van der Waals surface area (Å²) in [7, 11) is 0. The zero-order chi connectivity index (χ0) is 12.1. The summed E-state index contributed by atoms with van der Waals surface area (Å²) >= 11 is 5.59. The molecule has 0 unspecified atom stereocenters. The molecule has 0 aliphatic heterocycles. The number of hydrogen-bond acceptors (Lipinski definition) is 5. The maximum absolute atomic E-state index is 10.8. The number of halogens is 1. The van der Waals surface area contributed by atoms with E-state index in [0.717, 1.165) is 0 Å². The molecule has 0 radical (unpaired) electrons. The molecule has 1 rings (SSSR count). The highest BCUT2D eigenvalue weighted by atomic mass is 35.5. The first-order valence-electron chi connectivity index (χ1n) is 4.48. The average molecular weight is 244 g/mol. The third kappa shape index (κ3) is 2.90. The first kappa shape index (κ1) is 12.4. The minimum absolute atomic E-state index is 0.0725. The van der Waals surface area contributed by atoms with E-state index in [1.165, 1.54) is 6.92 Å². The Morgan fingerprint density at radius 3 is 2.88 bits per heavy atom. The molecule has 0 aromatic carbocycles. The third-order valence-corrected chi connectivity index (χ3v) is 1.91. The van der Waals surface area contributed by atoms with E-state index in [0.29, 0.717) is 6.42 Å². The molecule has 0 saturated heterocycles. The number of nitro groups is 1. The zero-order valence-corrected chi connectivity index (χ0v) is 9.40. The molecule has 0 atom stereocenters. The SMILES string of the molecule is C=CCCOc1nc(Cl)nc(C)c1[N+](=O)[O-]. The Hall–Kier alpha value is -1.69. The predicted octanol–water partition coefficient (Wildman–Crippen LogP) is 2.30. The highest BCUT2D eigenvalue weighted by molar-refractivity contribution is 6.28. The van der Waals surface area contributed by atoms with Gasteiger partial charge in [-0.25, -0.2) is 4.98 Å². The summed E-state index contributed by atoms with van der Waals surface area (Å²) in [6.45, 7) is 5.25. The summed E-state index contributed by atoms with van der Waals surface area (Å²) in [6.07, 6.45) is 2.21. The molecule has 1 aromatic heterocycles. The molecule has 0 bridgehead atoms. The molecule has 0 amide bonds. The van der Waals surface area contributed by atoms with Crippen molar-refractivity contribution in [1.82, 2.24) is 9.97 Å². The second-order valence-electron chi connectivity index (χ2n) is 2.91. The smallest absolute Gasteiger partial charge is 0.352 e. The maximum atomic E-state index is 10.8. The van der Waals surface area contributed by atoms with Gasteiger partial charge in [-0.3, -0.25) is 10.1 Å². The van der Waals surface area contributed by atoms with Crippen LogP contribution in [0.3, 0.4) is 0 Å². The van der Waals surface area contributed by atoms with E-state index in [4.69, 9.17) is 16.3 Å². The number of nitrogens with zero attached hydrogens (tertiary/aromatic N) is 3. The van der Waals surface area contributed by atoms with Gasteiger partial charge in [0.05, 0.1) is 11.5 Å². The normalized spacial score (nSPS) is 9.88. The zero-order valence-electron chi connectivity index (χ0n) is 8.64. The van der Waals surface area contributed by atoms with Gasteiger partial charge in [-0.1, -0.05) is 6.08 Å². The Kier molecular flexibility index (Phi) is 4.19. The van der Waals surface area contributed by atoms with Gasteiger partial charge < -0.3 is 4.74 Å². The van der Waals surface area contributed by atoms with Crippen LogP contribution < -0.4 is 4.74 Å². The number of rotatable bonds is 5. The Morgan fingerprint density at radius 1 is 1.62 bits per heavy atom. The number of ether oxygens (including phenoxy) is 1. The molecule has 0 aliphatic carbocycles. The van der Waals surface area contributed by atoms with Crippen LogP contribution in [0.2, 0.25) is 5.28 Å². The van der Waals surface area contributed by atoms with Crippen LogP contribution in [-0.2, 0) is 0 Å². The van der Waals surface area contributed by atoms with Crippen molar-refractivity contribution in [3.63, 3.8) is 0 Å². The predicted molar refractivity (Wildman–Crippen MR) is 58.7 cm³/mol. The van der Waals surface area contributed by atoms with E-state index in [1.54, 1.807) is 6.08 Å². The summed E-state index contributed by atoms with van der Waals surface area (Å²) in [4.78, 5) is 17.6. The molecular formula is C9H10ClN3O3. The third-order valence-electron chi connectivity index (χ3n) is 1.74. The topological polar surface area (TPSA) is 78.2 Å². The largest absolute Gasteiger partial charge is 0.472 e. The van der Waals surface area contributed by atoms with E-state index in [2.05, 4.69) is 16.5 Å². The summed E-state index contributed by atoms with van der Waals surface area (Å²) in [5.74, 6) is -0.107. The fourth-order valence-corrected chi connectivity index (χ4v) is 1.26. The minimum atomic E-state index is -0.588. The van der Waals surface area contributed by atoms with Crippen molar-refractivity contribution in [1.29, 1.82) is 0 Å². The molecule has 0 aliphatic rings. The lowest BCUT2D eigenvalue weighted by Crippen LogP contribution is -2.05. The van der Waals surface area contributed by atoms with E-state index in [1.807, 2.05) is 0 Å². The molecule has 0 fully saturated rings. The Balaban J connectivity index is 3.03. The van der Waals surface area contributed by atoms with Crippen molar-refractivity contribution in [2.45, 2.75) is 13.3 Å². The Labute approximate surface area is 97.1 Å². The van der Waals surface area contributed by atoms with Gasteiger partial charge in [0, 0.05) is 0 Å². The van der Waals surface area contributed by atoms with Crippen molar-refractivity contribution in [2.75, 3.05) is 6.61 Å². The first-order chi connectivity index (χ1) is 7.56. The van der Waals surface area contributed by atoms with Crippen LogP contribution in [0.5, 0.6) is 5.88 Å². The molecule has 6 nitrogen and oxygen atoms in total. The highest BCUT2D eigenvalue weighted by Gasteiger charge is 2.22. The lowest BCUT2D eigenvalue weighted by molar-refractivity contribution is -0.387. The maximum Gasteiger partial charge on any atom is 0.352 e.